The highest BCUT2D eigenvalue weighted by Crippen LogP contribution is 2.30. The van der Waals surface area contributed by atoms with E-state index in [2.05, 4.69) is 10.3 Å². The molecule has 1 N–H and O–H groups in total. The lowest BCUT2D eigenvalue weighted by Gasteiger charge is -2.31. The van der Waals surface area contributed by atoms with E-state index in [4.69, 9.17) is 27.9 Å². The van der Waals surface area contributed by atoms with Crippen LogP contribution in [0.1, 0.15) is 24.8 Å². The van der Waals surface area contributed by atoms with Crippen LogP contribution in [0.4, 0.5) is 0 Å². The van der Waals surface area contributed by atoms with Crippen molar-refractivity contribution in [3.8, 4) is 0 Å². The van der Waals surface area contributed by atoms with Crippen LogP contribution in [0.5, 0.6) is 0 Å². The highest BCUT2D eigenvalue weighted by atomic mass is 35.5. The second-order valence-electron chi connectivity index (χ2n) is 4.69. The summed E-state index contributed by atoms with van der Waals surface area (Å²) in [7, 11) is 1.78. The highest BCUT2D eigenvalue weighted by molar-refractivity contribution is 6.32. The number of hydrogen-bond acceptors (Lipinski definition) is 4. The van der Waals surface area contributed by atoms with Gasteiger partial charge in [0.2, 0.25) is 0 Å². The minimum absolute atomic E-state index is 0.158. The largest absolute Gasteiger partial charge is 0.460 e. The summed E-state index contributed by atoms with van der Waals surface area (Å²) in [5.74, 6) is 0.165. The number of ether oxygens (including phenoxy) is 1. The summed E-state index contributed by atoms with van der Waals surface area (Å²) in [6.07, 6.45) is 3.34. The summed E-state index contributed by atoms with van der Waals surface area (Å²) in [6.45, 7) is 0.158. The molecule has 2 rings (SSSR count). The molecule has 0 radical (unpaired) electrons. The van der Waals surface area contributed by atoms with E-state index in [0.29, 0.717) is 16.2 Å². The first kappa shape index (κ1) is 14.6. The molecule has 0 spiro atoms. The van der Waals surface area contributed by atoms with E-state index in [9.17, 15) is 4.79 Å². The smallest absolute Gasteiger partial charge is 0.323 e. The number of nitrogens with one attached hydrogen (secondary N) is 1. The van der Waals surface area contributed by atoms with Crippen molar-refractivity contribution in [1.29, 1.82) is 0 Å². The second kappa shape index (κ2) is 6.55. The summed E-state index contributed by atoms with van der Waals surface area (Å²) < 4.78 is 5.30. The quantitative estimate of drug-likeness (QED) is 0.671. The molecule has 4 nitrogen and oxygen atoms in total. The number of hydrogen-bond donors (Lipinski definition) is 1. The van der Waals surface area contributed by atoms with Gasteiger partial charge in [-0.2, -0.15) is 0 Å². The van der Waals surface area contributed by atoms with Gasteiger partial charge in [0.15, 0.2) is 0 Å². The molecule has 1 fully saturated rings. The Kier molecular flexibility index (Phi) is 5.02. The molecular weight excluding hydrogens is 287 g/mol. The molecule has 0 saturated heterocycles. The molecule has 6 heteroatoms. The molecule has 19 heavy (non-hydrogen) atoms. The van der Waals surface area contributed by atoms with Crippen LogP contribution in [0.3, 0.4) is 0 Å². The first-order valence-electron chi connectivity index (χ1n) is 6.26. The van der Waals surface area contributed by atoms with Gasteiger partial charge in [-0.1, -0.05) is 29.6 Å². The molecule has 1 aliphatic carbocycles. The van der Waals surface area contributed by atoms with Crippen molar-refractivity contribution in [2.24, 2.45) is 5.92 Å². The SMILES string of the molecule is CN[C@H](C(=O)OCc1cc(Cl)nc(Cl)c1)C1CCC1. The third-order valence-electron chi connectivity index (χ3n) is 3.39. The van der Waals surface area contributed by atoms with E-state index in [1.54, 1.807) is 19.2 Å². The van der Waals surface area contributed by atoms with Gasteiger partial charge in [-0.3, -0.25) is 4.79 Å². The maximum atomic E-state index is 12.0. The molecule has 1 aromatic rings. The van der Waals surface area contributed by atoms with Gasteiger partial charge < -0.3 is 10.1 Å². The first-order chi connectivity index (χ1) is 9.10. The van der Waals surface area contributed by atoms with E-state index < -0.39 is 0 Å². The van der Waals surface area contributed by atoms with E-state index in [-0.39, 0.29) is 18.6 Å². The molecule has 1 saturated carbocycles. The second-order valence-corrected chi connectivity index (χ2v) is 5.46. The van der Waals surface area contributed by atoms with Gasteiger partial charge in [-0.05, 0) is 43.5 Å². The van der Waals surface area contributed by atoms with E-state index >= 15 is 0 Å². The van der Waals surface area contributed by atoms with Crippen molar-refractivity contribution in [1.82, 2.24) is 10.3 Å². The van der Waals surface area contributed by atoms with Gasteiger partial charge >= 0.3 is 5.97 Å². The minimum Gasteiger partial charge on any atom is -0.460 e. The number of pyridine rings is 1. The van der Waals surface area contributed by atoms with Crippen molar-refractivity contribution in [2.45, 2.75) is 31.9 Å². The number of rotatable bonds is 5. The molecule has 0 aromatic carbocycles. The summed E-state index contributed by atoms with van der Waals surface area (Å²) in [6, 6.07) is 3.05. The Balaban J connectivity index is 1.91. The van der Waals surface area contributed by atoms with Crippen LogP contribution in [0.2, 0.25) is 10.3 Å². The predicted molar refractivity (Wildman–Crippen MR) is 74.2 cm³/mol. The van der Waals surface area contributed by atoms with Gasteiger partial charge in [0.05, 0.1) is 0 Å². The number of aromatic nitrogens is 1. The van der Waals surface area contributed by atoms with Crippen molar-refractivity contribution in [3.05, 3.63) is 28.0 Å². The molecule has 0 bridgehead atoms. The van der Waals surface area contributed by atoms with Gasteiger partial charge in [0, 0.05) is 0 Å². The fourth-order valence-electron chi connectivity index (χ4n) is 2.16. The molecule has 1 heterocycles. The number of carbonyl (C=O) groups excluding carboxylic acids is 1. The summed E-state index contributed by atoms with van der Waals surface area (Å²) in [5, 5.41) is 3.61. The Bertz CT molecular complexity index is 444. The molecule has 1 aromatic heterocycles. The molecule has 104 valence electrons. The maximum Gasteiger partial charge on any atom is 0.323 e. The molecule has 0 amide bonds. The number of halogens is 2. The van der Waals surface area contributed by atoms with Crippen molar-refractivity contribution in [3.63, 3.8) is 0 Å². The Morgan fingerprint density at radius 3 is 2.58 bits per heavy atom. The Hall–Kier alpha value is -0.840. The maximum absolute atomic E-state index is 12.0. The van der Waals surface area contributed by atoms with Gasteiger partial charge in [-0.25, -0.2) is 4.98 Å². The lowest BCUT2D eigenvalue weighted by atomic mass is 9.80. The molecule has 0 aliphatic heterocycles. The zero-order valence-electron chi connectivity index (χ0n) is 10.7. The van der Waals surface area contributed by atoms with Crippen molar-refractivity contribution >= 4 is 29.2 Å². The predicted octanol–water partition coefficient (Wildman–Crippen LogP) is 2.82. The normalized spacial score (nSPS) is 16.8. The lowest BCUT2D eigenvalue weighted by Crippen LogP contribution is -2.44. The lowest BCUT2D eigenvalue weighted by molar-refractivity contribution is -0.149. The molecule has 1 aliphatic rings. The molecule has 1 atom stereocenters. The van der Waals surface area contributed by atoms with Crippen LogP contribution in [-0.4, -0.2) is 24.0 Å². The van der Waals surface area contributed by atoms with Crippen LogP contribution in [0.15, 0.2) is 12.1 Å². The van der Waals surface area contributed by atoms with Crippen LogP contribution >= 0.6 is 23.2 Å². The Labute approximate surface area is 122 Å². The fourth-order valence-corrected chi connectivity index (χ4v) is 2.67. The van der Waals surface area contributed by atoms with Gasteiger partial charge in [0.25, 0.3) is 0 Å². The fraction of sp³-hybridized carbons (Fsp3) is 0.538. The number of esters is 1. The van der Waals surface area contributed by atoms with Gasteiger partial charge in [0.1, 0.15) is 23.0 Å². The van der Waals surface area contributed by atoms with Crippen LogP contribution in [0.25, 0.3) is 0 Å². The highest BCUT2D eigenvalue weighted by Gasteiger charge is 2.32. The van der Waals surface area contributed by atoms with E-state index in [0.717, 1.165) is 18.4 Å². The van der Waals surface area contributed by atoms with Gasteiger partial charge in [-0.15, -0.1) is 0 Å². The van der Waals surface area contributed by atoms with Crippen molar-refractivity contribution in [2.75, 3.05) is 7.05 Å². The molecule has 0 unspecified atom stereocenters. The Morgan fingerprint density at radius 2 is 2.11 bits per heavy atom. The average molecular weight is 303 g/mol. The summed E-state index contributed by atoms with van der Waals surface area (Å²) in [4.78, 5) is 15.8. The van der Waals surface area contributed by atoms with E-state index in [1.807, 2.05) is 0 Å². The van der Waals surface area contributed by atoms with Crippen LogP contribution < -0.4 is 5.32 Å². The first-order valence-corrected chi connectivity index (χ1v) is 7.01. The zero-order chi connectivity index (χ0) is 13.8. The number of carbonyl (C=O) groups is 1. The molecular formula is C13H16Cl2N2O2. The Morgan fingerprint density at radius 1 is 1.47 bits per heavy atom. The number of likely N-dealkylation sites (N-methyl/N-ethyl adjacent to an activating group) is 1. The number of nitrogens with zero attached hydrogens (tertiary/aromatic N) is 1. The topological polar surface area (TPSA) is 51.2 Å². The zero-order valence-corrected chi connectivity index (χ0v) is 12.2. The third-order valence-corrected chi connectivity index (χ3v) is 3.78. The van der Waals surface area contributed by atoms with Crippen molar-refractivity contribution < 1.29 is 9.53 Å². The van der Waals surface area contributed by atoms with E-state index in [1.165, 1.54) is 6.42 Å². The summed E-state index contributed by atoms with van der Waals surface area (Å²) in [5.41, 5.74) is 0.738. The third kappa shape index (κ3) is 3.81. The summed E-state index contributed by atoms with van der Waals surface area (Å²) >= 11 is 11.6. The minimum atomic E-state index is -0.226. The van der Waals surface area contributed by atoms with Crippen LogP contribution in [0, 0.1) is 5.92 Å². The monoisotopic (exact) mass is 302 g/mol. The van der Waals surface area contributed by atoms with Crippen LogP contribution in [-0.2, 0) is 16.1 Å². The standard InChI is InChI=1S/C13H16Cl2N2O2/c1-16-12(9-3-2-4-9)13(18)19-7-8-5-10(14)17-11(15)6-8/h5-6,9,12,16H,2-4,7H2,1H3/t12-/m0/s1. The average Bonchev–Trinajstić information content (AvgIpc) is 2.29.